The topological polar surface area (TPSA) is 50.3 Å². The van der Waals surface area contributed by atoms with E-state index in [1.165, 1.54) is 12.8 Å². The van der Waals surface area contributed by atoms with Crippen LogP contribution >= 0.6 is 0 Å². The van der Waals surface area contributed by atoms with Crippen LogP contribution in [0.25, 0.3) is 0 Å². The molecule has 0 spiro atoms. The van der Waals surface area contributed by atoms with Gasteiger partial charge in [-0.3, -0.25) is 0 Å². The van der Waals surface area contributed by atoms with Crippen LogP contribution in [0.5, 0.6) is 0 Å². The first-order chi connectivity index (χ1) is 10.5. The number of aryl methyl sites for hydroxylation is 1. The Bertz CT molecular complexity index is 478. The van der Waals surface area contributed by atoms with E-state index in [0.29, 0.717) is 18.0 Å². The van der Waals surface area contributed by atoms with E-state index < -0.39 is 0 Å². The summed E-state index contributed by atoms with van der Waals surface area (Å²) in [6.07, 6.45) is 4.12. The molecule has 22 heavy (non-hydrogen) atoms. The number of aromatic nitrogens is 2. The molecule has 1 aromatic rings. The fraction of sp³-hybridized carbons (Fsp3) is 0.765. The van der Waals surface area contributed by atoms with Crippen molar-refractivity contribution >= 4 is 11.8 Å². The lowest BCUT2D eigenvalue weighted by Gasteiger charge is -2.40. The molecule has 0 aliphatic carbocycles. The molecular weight excluding hydrogens is 276 g/mol. The first-order valence-electron chi connectivity index (χ1n) is 8.47. The van der Waals surface area contributed by atoms with Crippen molar-refractivity contribution in [1.82, 2.24) is 9.97 Å². The highest BCUT2D eigenvalue weighted by atomic mass is 16.5. The molecule has 0 radical (unpaired) electrons. The van der Waals surface area contributed by atoms with Crippen molar-refractivity contribution in [1.29, 1.82) is 0 Å². The highest BCUT2D eigenvalue weighted by Gasteiger charge is 2.30. The highest BCUT2D eigenvalue weighted by molar-refractivity contribution is 5.45. The van der Waals surface area contributed by atoms with Crippen molar-refractivity contribution in [2.24, 2.45) is 5.92 Å². The van der Waals surface area contributed by atoms with Crippen molar-refractivity contribution in [2.45, 2.75) is 59.2 Å². The van der Waals surface area contributed by atoms with Crippen LogP contribution in [0.15, 0.2) is 6.07 Å². The van der Waals surface area contributed by atoms with Gasteiger partial charge in [-0.25, -0.2) is 4.98 Å². The average molecular weight is 306 g/mol. The second-order valence-electron chi connectivity index (χ2n) is 6.53. The Balaban J connectivity index is 2.18. The van der Waals surface area contributed by atoms with E-state index in [1.54, 1.807) is 0 Å². The maximum atomic E-state index is 6.29. The smallest absolute Gasteiger partial charge is 0.224 e. The lowest BCUT2D eigenvalue weighted by Crippen LogP contribution is -2.50. The van der Waals surface area contributed by atoms with Gasteiger partial charge in [-0.2, -0.15) is 4.98 Å². The average Bonchev–Trinajstić information content (AvgIpc) is 2.51. The predicted octanol–water partition coefficient (Wildman–Crippen LogP) is 3.25. The molecule has 2 rings (SSSR count). The zero-order valence-electron chi connectivity index (χ0n) is 14.6. The molecule has 1 saturated heterocycles. The van der Waals surface area contributed by atoms with Gasteiger partial charge < -0.3 is 15.0 Å². The summed E-state index contributed by atoms with van der Waals surface area (Å²) in [6, 6.07) is 2.07. The second kappa shape index (κ2) is 7.77. The third-order valence-corrected chi connectivity index (χ3v) is 4.20. The van der Waals surface area contributed by atoms with E-state index in [-0.39, 0.29) is 6.10 Å². The Morgan fingerprint density at radius 2 is 2.14 bits per heavy atom. The molecule has 124 valence electrons. The maximum absolute atomic E-state index is 6.29. The second-order valence-corrected chi connectivity index (χ2v) is 6.53. The van der Waals surface area contributed by atoms with Crippen molar-refractivity contribution in [2.75, 3.05) is 30.4 Å². The normalized spacial score (nSPS) is 22.2. The fourth-order valence-corrected chi connectivity index (χ4v) is 2.84. The molecule has 5 heteroatoms. The monoisotopic (exact) mass is 306 g/mol. The minimum atomic E-state index is 0.268. The summed E-state index contributed by atoms with van der Waals surface area (Å²) >= 11 is 0. The van der Waals surface area contributed by atoms with Gasteiger partial charge in [-0.1, -0.05) is 33.6 Å². The van der Waals surface area contributed by atoms with Gasteiger partial charge in [-0.15, -0.1) is 0 Å². The number of rotatable bonds is 6. The van der Waals surface area contributed by atoms with Crippen molar-refractivity contribution in [3.05, 3.63) is 11.8 Å². The molecule has 0 unspecified atom stereocenters. The first-order valence-corrected chi connectivity index (χ1v) is 8.47. The van der Waals surface area contributed by atoms with Gasteiger partial charge in [0.2, 0.25) is 5.95 Å². The van der Waals surface area contributed by atoms with Gasteiger partial charge >= 0.3 is 0 Å². The molecule has 0 aromatic carbocycles. The van der Waals surface area contributed by atoms with Crippen molar-refractivity contribution < 1.29 is 4.74 Å². The van der Waals surface area contributed by atoms with Crippen LogP contribution in [0.3, 0.4) is 0 Å². The number of anilines is 2. The predicted molar refractivity (Wildman–Crippen MR) is 91.6 cm³/mol. The molecule has 0 bridgehead atoms. The Morgan fingerprint density at radius 1 is 1.36 bits per heavy atom. The maximum Gasteiger partial charge on any atom is 0.224 e. The SMILES string of the molecule is CCCC[C@@H]1CN(c2cc(C)nc(NC)n2)C[C@H](C(C)C)O1. The molecule has 1 aromatic heterocycles. The number of ether oxygens (including phenoxy) is 1. The number of unbranched alkanes of at least 4 members (excludes halogenated alkanes) is 1. The molecule has 1 aliphatic heterocycles. The van der Waals surface area contributed by atoms with Gasteiger partial charge in [0, 0.05) is 31.9 Å². The number of nitrogens with one attached hydrogen (secondary N) is 1. The summed E-state index contributed by atoms with van der Waals surface area (Å²) in [6.45, 7) is 10.5. The van der Waals surface area contributed by atoms with Crippen LogP contribution in [0.4, 0.5) is 11.8 Å². The molecule has 1 N–H and O–H groups in total. The zero-order chi connectivity index (χ0) is 16.1. The Hall–Kier alpha value is -1.36. The minimum absolute atomic E-state index is 0.268. The molecule has 1 fully saturated rings. The molecule has 5 nitrogen and oxygen atoms in total. The number of hydrogen-bond donors (Lipinski definition) is 1. The van der Waals surface area contributed by atoms with E-state index in [0.717, 1.165) is 31.0 Å². The standard InChI is InChI=1S/C17H30N4O/c1-6-7-8-14-10-21(11-15(22-14)12(2)3)16-9-13(4)19-17(18-5)20-16/h9,12,14-15H,6-8,10-11H2,1-5H3,(H,18,19,20)/t14-,15-/m1/s1. The van der Waals surface area contributed by atoms with Crippen LogP contribution in [0.2, 0.25) is 0 Å². The van der Waals surface area contributed by atoms with Crippen molar-refractivity contribution in [3.63, 3.8) is 0 Å². The van der Waals surface area contributed by atoms with Gasteiger partial charge in [0.1, 0.15) is 5.82 Å². The summed E-state index contributed by atoms with van der Waals surface area (Å²) in [7, 11) is 1.86. The minimum Gasteiger partial charge on any atom is -0.371 e. The quantitative estimate of drug-likeness (QED) is 0.874. The number of hydrogen-bond acceptors (Lipinski definition) is 5. The molecule has 0 amide bonds. The lowest BCUT2D eigenvalue weighted by molar-refractivity contribution is -0.0521. The lowest BCUT2D eigenvalue weighted by atomic mass is 10.0. The van der Waals surface area contributed by atoms with E-state index >= 15 is 0 Å². The summed E-state index contributed by atoms with van der Waals surface area (Å²) < 4.78 is 6.29. The van der Waals surface area contributed by atoms with Gasteiger partial charge in [0.25, 0.3) is 0 Å². The number of nitrogens with zero attached hydrogens (tertiary/aromatic N) is 3. The van der Waals surface area contributed by atoms with E-state index in [9.17, 15) is 0 Å². The largest absolute Gasteiger partial charge is 0.371 e. The van der Waals surface area contributed by atoms with Crippen LogP contribution in [-0.4, -0.2) is 42.3 Å². The van der Waals surface area contributed by atoms with Crippen LogP contribution in [0, 0.1) is 12.8 Å². The molecule has 2 atom stereocenters. The van der Waals surface area contributed by atoms with E-state index in [4.69, 9.17) is 4.74 Å². The summed E-state index contributed by atoms with van der Waals surface area (Å²) in [5, 5.41) is 3.05. The zero-order valence-corrected chi connectivity index (χ0v) is 14.6. The first kappa shape index (κ1) is 17.0. The summed E-state index contributed by atoms with van der Waals surface area (Å²) in [5.41, 5.74) is 0.993. The molecule has 0 saturated carbocycles. The Kier molecular flexibility index (Phi) is 6.00. The van der Waals surface area contributed by atoms with E-state index in [1.807, 2.05) is 14.0 Å². The van der Waals surface area contributed by atoms with Gasteiger partial charge in [-0.05, 0) is 19.3 Å². The molecule has 1 aliphatic rings. The van der Waals surface area contributed by atoms with Crippen LogP contribution in [-0.2, 0) is 4.74 Å². The Morgan fingerprint density at radius 3 is 2.77 bits per heavy atom. The highest BCUT2D eigenvalue weighted by Crippen LogP contribution is 2.25. The van der Waals surface area contributed by atoms with Crippen molar-refractivity contribution in [3.8, 4) is 0 Å². The Labute approximate surface area is 134 Å². The van der Waals surface area contributed by atoms with E-state index in [2.05, 4.69) is 47.0 Å². The van der Waals surface area contributed by atoms with Crippen LogP contribution in [0.1, 0.15) is 45.7 Å². The summed E-state index contributed by atoms with van der Waals surface area (Å²) in [4.78, 5) is 11.4. The number of morpholine rings is 1. The third-order valence-electron chi connectivity index (χ3n) is 4.20. The van der Waals surface area contributed by atoms with Gasteiger partial charge in [0.05, 0.1) is 12.2 Å². The molecule has 2 heterocycles. The third kappa shape index (κ3) is 4.32. The molecular formula is C17H30N4O. The van der Waals surface area contributed by atoms with Gasteiger partial charge in [0.15, 0.2) is 0 Å². The fourth-order valence-electron chi connectivity index (χ4n) is 2.84. The summed E-state index contributed by atoms with van der Waals surface area (Å²) in [5.74, 6) is 2.21. The van der Waals surface area contributed by atoms with Crippen LogP contribution < -0.4 is 10.2 Å².